The summed E-state index contributed by atoms with van der Waals surface area (Å²) in [6.07, 6.45) is 0. The molecule has 0 aliphatic heterocycles. The fraction of sp³-hybridized carbons (Fsp3) is 0.364. The van der Waals surface area contributed by atoms with Gasteiger partial charge in [0.25, 0.3) is 0 Å². The Kier molecular flexibility index (Phi) is 4.37. The second-order valence-electron chi connectivity index (χ2n) is 4.06. The predicted octanol–water partition coefficient (Wildman–Crippen LogP) is 1.90. The van der Waals surface area contributed by atoms with Gasteiger partial charge in [0.05, 0.1) is 17.7 Å². The van der Waals surface area contributed by atoms with Crippen LogP contribution < -0.4 is 5.14 Å². The van der Waals surface area contributed by atoms with Crippen LogP contribution in [0.2, 0.25) is 5.02 Å². The van der Waals surface area contributed by atoms with E-state index >= 15 is 0 Å². The number of hydrogen-bond acceptors (Lipinski definition) is 4. The van der Waals surface area contributed by atoms with E-state index in [-0.39, 0.29) is 21.4 Å². The number of sulfonamides is 1. The molecule has 0 fully saturated rings. The van der Waals surface area contributed by atoms with Gasteiger partial charge in [-0.3, -0.25) is 0 Å². The first kappa shape index (κ1) is 14.9. The lowest BCUT2D eigenvalue weighted by atomic mass is 9.97. The molecule has 0 saturated carbocycles. The first-order valence-corrected chi connectivity index (χ1v) is 7.05. The summed E-state index contributed by atoms with van der Waals surface area (Å²) in [4.78, 5) is 11.3. The SMILES string of the molecule is COC(=O)c1cc(S(N)(=O)=O)c(Cl)cc1C(C)C. The Morgan fingerprint density at radius 1 is 1.39 bits per heavy atom. The van der Waals surface area contributed by atoms with Crippen LogP contribution in [-0.4, -0.2) is 21.5 Å². The standard InChI is InChI=1S/C11H14ClNO4S/c1-6(2)7-4-9(12)10(18(13,15)16)5-8(7)11(14)17-3/h4-6H,1-3H3,(H2,13,15,16). The zero-order valence-electron chi connectivity index (χ0n) is 10.2. The Morgan fingerprint density at radius 2 is 1.94 bits per heavy atom. The van der Waals surface area contributed by atoms with Crippen molar-refractivity contribution in [3.8, 4) is 0 Å². The minimum Gasteiger partial charge on any atom is -0.465 e. The van der Waals surface area contributed by atoms with Crippen LogP contribution in [-0.2, 0) is 14.8 Å². The highest BCUT2D eigenvalue weighted by atomic mass is 35.5. The zero-order chi connectivity index (χ0) is 14.1. The van der Waals surface area contributed by atoms with Gasteiger partial charge in [0.15, 0.2) is 0 Å². The molecule has 0 saturated heterocycles. The van der Waals surface area contributed by atoms with E-state index in [1.54, 1.807) is 0 Å². The molecule has 5 nitrogen and oxygen atoms in total. The lowest BCUT2D eigenvalue weighted by molar-refractivity contribution is 0.0598. The number of hydrogen-bond donors (Lipinski definition) is 1. The predicted molar refractivity (Wildman–Crippen MR) is 68.3 cm³/mol. The maximum atomic E-state index is 11.6. The molecule has 0 bridgehead atoms. The maximum absolute atomic E-state index is 11.6. The molecule has 0 unspecified atom stereocenters. The molecule has 0 spiro atoms. The highest BCUT2D eigenvalue weighted by Crippen LogP contribution is 2.29. The number of primary sulfonamides is 1. The van der Waals surface area contributed by atoms with Crippen molar-refractivity contribution in [1.82, 2.24) is 0 Å². The molecule has 100 valence electrons. The van der Waals surface area contributed by atoms with E-state index in [9.17, 15) is 13.2 Å². The number of nitrogens with two attached hydrogens (primary N) is 1. The number of ether oxygens (including phenoxy) is 1. The fourth-order valence-corrected chi connectivity index (χ4v) is 2.66. The molecule has 7 heteroatoms. The Labute approximate surface area is 111 Å². The largest absolute Gasteiger partial charge is 0.465 e. The van der Waals surface area contributed by atoms with Gasteiger partial charge in [0.1, 0.15) is 4.90 Å². The second-order valence-corrected chi connectivity index (χ2v) is 6.00. The molecule has 0 aliphatic rings. The van der Waals surface area contributed by atoms with Crippen LogP contribution >= 0.6 is 11.6 Å². The molecular weight excluding hydrogens is 278 g/mol. The van der Waals surface area contributed by atoms with Gasteiger partial charge in [-0.05, 0) is 23.6 Å². The molecule has 1 aromatic rings. The monoisotopic (exact) mass is 291 g/mol. The van der Waals surface area contributed by atoms with E-state index in [0.29, 0.717) is 5.56 Å². The van der Waals surface area contributed by atoms with Crippen molar-refractivity contribution in [1.29, 1.82) is 0 Å². The van der Waals surface area contributed by atoms with Crippen molar-refractivity contribution in [2.45, 2.75) is 24.7 Å². The molecule has 2 N–H and O–H groups in total. The molecule has 0 atom stereocenters. The minimum atomic E-state index is -3.98. The number of esters is 1. The molecule has 0 heterocycles. The van der Waals surface area contributed by atoms with Crippen molar-refractivity contribution >= 4 is 27.6 Å². The topological polar surface area (TPSA) is 86.5 Å². The number of carbonyl (C=O) groups is 1. The van der Waals surface area contributed by atoms with Crippen molar-refractivity contribution in [3.05, 3.63) is 28.3 Å². The first-order chi connectivity index (χ1) is 8.18. The van der Waals surface area contributed by atoms with Gasteiger partial charge in [0.2, 0.25) is 10.0 Å². The van der Waals surface area contributed by atoms with Crippen molar-refractivity contribution in [2.75, 3.05) is 7.11 Å². The molecular formula is C11H14ClNO4S. The number of carbonyl (C=O) groups excluding carboxylic acids is 1. The normalized spacial score (nSPS) is 11.7. The second kappa shape index (κ2) is 5.26. The van der Waals surface area contributed by atoms with Crippen molar-refractivity contribution in [3.63, 3.8) is 0 Å². The lowest BCUT2D eigenvalue weighted by Gasteiger charge is -2.13. The van der Waals surface area contributed by atoms with Crippen LogP contribution in [0.25, 0.3) is 0 Å². The summed E-state index contributed by atoms with van der Waals surface area (Å²) >= 11 is 5.87. The third-order valence-electron chi connectivity index (χ3n) is 2.44. The van der Waals surface area contributed by atoms with Gasteiger partial charge >= 0.3 is 5.97 Å². The average molecular weight is 292 g/mol. The van der Waals surface area contributed by atoms with Gasteiger partial charge in [-0.25, -0.2) is 18.4 Å². The average Bonchev–Trinajstić information content (AvgIpc) is 2.25. The van der Waals surface area contributed by atoms with Crippen LogP contribution in [0.1, 0.15) is 35.7 Å². The molecule has 18 heavy (non-hydrogen) atoms. The summed E-state index contributed by atoms with van der Waals surface area (Å²) < 4.78 is 27.3. The number of rotatable bonds is 3. The molecule has 0 radical (unpaired) electrons. The maximum Gasteiger partial charge on any atom is 0.338 e. The van der Waals surface area contributed by atoms with Crippen LogP contribution in [0.4, 0.5) is 0 Å². The van der Waals surface area contributed by atoms with Gasteiger partial charge in [-0.1, -0.05) is 25.4 Å². The Balaban J connectivity index is 3.61. The van der Waals surface area contributed by atoms with Crippen molar-refractivity contribution in [2.24, 2.45) is 5.14 Å². The van der Waals surface area contributed by atoms with E-state index in [2.05, 4.69) is 4.74 Å². The van der Waals surface area contributed by atoms with E-state index in [0.717, 1.165) is 6.07 Å². The minimum absolute atomic E-state index is 0.00569. The summed E-state index contributed by atoms with van der Waals surface area (Å²) in [5.74, 6) is -0.633. The third kappa shape index (κ3) is 3.01. The third-order valence-corrected chi connectivity index (χ3v) is 3.81. The Bertz CT molecular complexity index is 581. The van der Waals surface area contributed by atoms with Crippen molar-refractivity contribution < 1.29 is 17.9 Å². The zero-order valence-corrected chi connectivity index (χ0v) is 11.8. The molecule has 1 aromatic carbocycles. The smallest absolute Gasteiger partial charge is 0.338 e. The quantitative estimate of drug-likeness (QED) is 0.862. The summed E-state index contributed by atoms with van der Waals surface area (Å²) in [5, 5.41) is 5.02. The van der Waals surface area contributed by atoms with Crippen LogP contribution in [0.15, 0.2) is 17.0 Å². The van der Waals surface area contributed by atoms with Gasteiger partial charge in [-0.15, -0.1) is 0 Å². The van der Waals surface area contributed by atoms with Crippen LogP contribution in [0.3, 0.4) is 0 Å². The van der Waals surface area contributed by atoms with E-state index in [4.69, 9.17) is 16.7 Å². The van der Waals surface area contributed by atoms with Gasteiger partial charge in [-0.2, -0.15) is 0 Å². The Morgan fingerprint density at radius 3 is 2.33 bits per heavy atom. The number of benzene rings is 1. The van der Waals surface area contributed by atoms with E-state index < -0.39 is 16.0 Å². The molecule has 0 aromatic heterocycles. The molecule has 0 amide bonds. The summed E-state index contributed by atoms with van der Waals surface area (Å²) in [6.45, 7) is 3.71. The van der Waals surface area contributed by atoms with Crippen LogP contribution in [0, 0.1) is 0 Å². The number of methoxy groups -OCH3 is 1. The van der Waals surface area contributed by atoms with Gasteiger partial charge in [0, 0.05) is 0 Å². The fourth-order valence-electron chi connectivity index (χ4n) is 1.55. The van der Waals surface area contributed by atoms with Gasteiger partial charge < -0.3 is 4.74 Å². The first-order valence-electron chi connectivity index (χ1n) is 5.13. The summed E-state index contributed by atoms with van der Waals surface area (Å²) in [7, 11) is -2.76. The summed E-state index contributed by atoms with van der Waals surface area (Å²) in [6, 6.07) is 2.58. The highest BCUT2D eigenvalue weighted by Gasteiger charge is 2.21. The molecule has 1 rings (SSSR count). The molecule has 0 aliphatic carbocycles. The van der Waals surface area contributed by atoms with E-state index in [1.807, 2.05) is 13.8 Å². The van der Waals surface area contributed by atoms with E-state index in [1.165, 1.54) is 13.2 Å². The highest BCUT2D eigenvalue weighted by molar-refractivity contribution is 7.89. The lowest BCUT2D eigenvalue weighted by Crippen LogP contribution is -2.15. The van der Waals surface area contributed by atoms with Crippen LogP contribution in [0.5, 0.6) is 0 Å². The Hall–Kier alpha value is -1.11. The summed E-state index contributed by atoms with van der Waals surface area (Å²) in [5.41, 5.74) is 0.764. The number of halogens is 1.